The molecule has 1 atom stereocenters. The number of benzene rings is 1. The second-order valence-electron chi connectivity index (χ2n) is 4.61. The summed E-state index contributed by atoms with van der Waals surface area (Å²) in [6, 6.07) is 2.75. The first kappa shape index (κ1) is 14.8. The van der Waals surface area contributed by atoms with Crippen molar-refractivity contribution in [1.29, 1.82) is 0 Å². The number of esters is 1. The number of hydrogen-bond donors (Lipinski definition) is 0. The predicted octanol–water partition coefficient (Wildman–Crippen LogP) is 2.33. The van der Waals surface area contributed by atoms with Crippen molar-refractivity contribution in [2.24, 2.45) is 0 Å². The number of ether oxygens (including phenoxy) is 3. The van der Waals surface area contributed by atoms with Crippen molar-refractivity contribution in [3.05, 3.63) is 33.4 Å². The van der Waals surface area contributed by atoms with Gasteiger partial charge in [-0.15, -0.1) is 0 Å². The lowest BCUT2D eigenvalue weighted by Gasteiger charge is -2.09. The summed E-state index contributed by atoms with van der Waals surface area (Å²) in [4.78, 5) is 22.3. The summed E-state index contributed by atoms with van der Waals surface area (Å²) in [6.07, 6.45) is 1.67. The first-order chi connectivity index (χ1) is 9.96. The molecule has 7 heteroatoms. The summed E-state index contributed by atoms with van der Waals surface area (Å²) in [5.41, 5.74) is 0.518. The van der Waals surface area contributed by atoms with Gasteiger partial charge in [-0.05, 0) is 19.1 Å². The van der Waals surface area contributed by atoms with Crippen LogP contribution in [0.25, 0.3) is 6.08 Å². The van der Waals surface area contributed by atoms with Gasteiger partial charge in [-0.3, -0.25) is 10.1 Å². The average Bonchev–Trinajstić information content (AvgIpc) is 2.76. The molecule has 0 spiro atoms. The molecule has 1 aromatic rings. The molecule has 1 aliphatic rings. The van der Waals surface area contributed by atoms with Crippen LogP contribution in [-0.2, 0) is 9.53 Å². The molecule has 1 heterocycles. The largest absolute Gasteiger partial charge is 0.493 e. The quantitative estimate of drug-likeness (QED) is 0.366. The zero-order valence-electron chi connectivity index (χ0n) is 11.9. The third-order valence-electron chi connectivity index (χ3n) is 3.14. The van der Waals surface area contributed by atoms with Gasteiger partial charge in [0.1, 0.15) is 6.10 Å². The molecule has 1 fully saturated rings. The van der Waals surface area contributed by atoms with Crippen LogP contribution >= 0.6 is 0 Å². The normalized spacial score (nSPS) is 19.5. The van der Waals surface area contributed by atoms with E-state index in [2.05, 4.69) is 0 Å². The van der Waals surface area contributed by atoms with E-state index in [9.17, 15) is 14.9 Å². The molecule has 1 saturated heterocycles. The standard InChI is InChI=1S/C14H15NO6/c1-8-4-10(14(16)21-8)5-9-6-12(19-2)13(20-3)7-11(9)15(17)18/h5-8H,4H2,1-3H3/b10-5+. The van der Waals surface area contributed by atoms with Crippen molar-refractivity contribution in [2.75, 3.05) is 14.2 Å². The topological polar surface area (TPSA) is 87.9 Å². The third-order valence-corrected chi connectivity index (χ3v) is 3.14. The van der Waals surface area contributed by atoms with E-state index in [1.54, 1.807) is 6.92 Å². The van der Waals surface area contributed by atoms with E-state index in [4.69, 9.17) is 14.2 Å². The highest BCUT2D eigenvalue weighted by atomic mass is 16.6. The lowest BCUT2D eigenvalue weighted by atomic mass is 10.1. The molecule has 0 amide bonds. The molecular weight excluding hydrogens is 278 g/mol. The number of hydrogen-bond acceptors (Lipinski definition) is 6. The van der Waals surface area contributed by atoms with Crippen LogP contribution in [0.15, 0.2) is 17.7 Å². The minimum atomic E-state index is -0.530. The summed E-state index contributed by atoms with van der Waals surface area (Å²) in [6.45, 7) is 1.77. The molecule has 2 rings (SSSR count). The Morgan fingerprint density at radius 1 is 1.33 bits per heavy atom. The van der Waals surface area contributed by atoms with Gasteiger partial charge in [0.15, 0.2) is 11.5 Å². The van der Waals surface area contributed by atoms with Crippen LogP contribution in [0.4, 0.5) is 5.69 Å². The van der Waals surface area contributed by atoms with Gasteiger partial charge in [-0.25, -0.2) is 4.79 Å². The van der Waals surface area contributed by atoms with Crippen LogP contribution in [0.3, 0.4) is 0 Å². The summed E-state index contributed by atoms with van der Waals surface area (Å²) >= 11 is 0. The second kappa shape index (κ2) is 5.82. The molecule has 0 aliphatic carbocycles. The molecule has 112 valence electrons. The van der Waals surface area contributed by atoms with E-state index in [1.807, 2.05) is 0 Å². The monoisotopic (exact) mass is 293 g/mol. The number of rotatable bonds is 4. The number of nitrogens with zero attached hydrogens (tertiary/aromatic N) is 1. The zero-order chi connectivity index (χ0) is 15.6. The molecule has 0 bridgehead atoms. The smallest absolute Gasteiger partial charge is 0.334 e. The Labute approximate surface area is 121 Å². The Morgan fingerprint density at radius 3 is 2.43 bits per heavy atom. The van der Waals surface area contributed by atoms with Gasteiger partial charge >= 0.3 is 5.97 Å². The maximum atomic E-state index is 11.6. The molecule has 1 unspecified atom stereocenters. The van der Waals surface area contributed by atoms with Gasteiger partial charge in [0.05, 0.1) is 30.8 Å². The molecule has 0 N–H and O–H groups in total. The highest BCUT2D eigenvalue weighted by Gasteiger charge is 2.27. The van der Waals surface area contributed by atoms with Crippen LogP contribution in [0.1, 0.15) is 18.9 Å². The fourth-order valence-corrected chi connectivity index (χ4v) is 2.16. The van der Waals surface area contributed by atoms with Gasteiger partial charge < -0.3 is 14.2 Å². The SMILES string of the molecule is COc1cc(/C=C2\CC(C)OC2=O)c([N+](=O)[O-])cc1OC. The summed E-state index contributed by atoms with van der Waals surface area (Å²) in [5.74, 6) is 0.162. The Hall–Kier alpha value is -2.57. The molecule has 0 saturated carbocycles. The van der Waals surface area contributed by atoms with Crippen LogP contribution in [0, 0.1) is 10.1 Å². The number of methoxy groups -OCH3 is 2. The Balaban J connectivity index is 2.54. The van der Waals surface area contributed by atoms with E-state index < -0.39 is 10.9 Å². The minimum absolute atomic E-state index is 0.160. The zero-order valence-corrected chi connectivity index (χ0v) is 11.9. The van der Waals surface area contributed by atoms with Crippen molar-refractivity contribution < 1.29 is 23.9 Å². The molecule has 1 aromatic carbocycles. The van der Waals surface area contributed by atoms with E-state index in [-0.39, 0.29) is 23.1 Å². The van der Waals surface area contributed by atoms with Crippen molar-refractivity contribution >= 4 is 17.7 Å². The highest BCUT2D eigenvalue weighted by molar-refractivity contribution is 5.96. The summed E-state index contributed by atoms with van der Waals surface area (Å²) < 4.78 is 15.2. The number of carbonyl (C=O) groups is 1. The predicted molar refractivity (Wildman–Crippen MR) is 74.3 cm³/mol. The average molecular weight is 293 g/mol. The number of carbonyl (C=O) groups excluding carboxylic acids is 1. The van der Waals surface area contributed by atoms with E-state index in [0.717, 1.165) is 0 Å². The van der Waals surface area contributed by atoms with E-state index >= 15 is 0 Å². The van der Waals surface area contributed by atoms with Gasteiger partial charge in [-0.1, -0.05) is 0 Å². The molecule has 0 radical (unpaired) electrons. The van der Waals surface area contributed by atoms with E-state index in [1.165, 1.54) is 32.4 Å². The van der Waals surface area contributed by atoms with Gasteiger partial charge in [0.25, 0.3) is 5.69 Å². The fraction of sp³-hybridized carbons (Fsp3) is 0.357. The third kappa shape index (κ3) is 2.96. The van der Waals surface area contributed by atoms with Crippen molar-refractivity contribution in [2.45, 2.75) is 19.4 Å². The van der Waals surface area contributed by atoms with Gasteiger partial charge in [-0.2, -0.15) is 0 Å². The van der Waals surface area contributed by atoms with Crippen LogP contribution in [0.5, 0.6) is 11.5 Å². The van der Waals surface area contributed by atoms with Crippen molar-refractivity contribution in [3.8, 4) is 11.5 Å². The van der Waals surface area contributed by atoms with E-state index in [0.29, 0.717) is 17.7 Å². The van der Waals surface area contributed by atoms with Gasteiger partial charge in [0.2, 0.25) is 0 Å². The second-order valence-corrected chi connectivity index (χ2v) is 4.61. The summed E-state index contributed by atoms with van der Waals surface area (Å²) in [5, 5.41) is 11.2. The number of nitro groups is 1. The maximum Gasteiger partial charge on any atom is 0.334 e. The highest BCUT2D eigenvalue weighted by Crippen LogP contribution is 2.36. The first-order valence-electron chi connectivity index (χ1n) is 6.28. The molecule has 7 nitrogen and oxygen atoms in total. The van der Waals surface area contributed by atoms with Crippen LogP contribution in [-0.4, -0.2) is 31.2 Å². The van der Waals surface area contributed by atoms with Crippen LogP contribution in [0.2, 0.25) is 0 Å². The first-order valence-corrected chi connectivity index (χ1v) is 6.28. The maximum absolute atomic E-state index is 11.6. The number of cyclic esters (lactones) is 1. The van der Waals surface area contributed by atoms with Gasteiger partial charge in [0, 0.05) is 12.0 Å². The lowest BCUT2D eigenvalue weighted by Crippen LogP contribution is -2.00. The molecule has 1 aliphatic heterocycles. The lowest BCUT2D eigenvalue weighted by molar-refractivity contribution is -0.385. The van der Waals surface area contributed by atoms with Crippen molar-refractivity contribution in [3.63, 3.8) is 0 Å². The Bertz CT molecular complexity index is 622. The molecule has 0 aromatic heterocycles. The Morgan fingerprint density at radius 2 is 1.95 bits per heavy atom. The minimum Gasteiger partial charge on any atom is -0.493 e. The molecular formula is C14H15NO6. The number of nitro benzene ring substituents is 1. The van der Waals surface area contributed by atoms with Crippen molar-refractivity contribution in [1.82, 2.24) is 0 Å². The van der Waals surface area contributed by atoms with Crippen LogP contribution < -0.4 is 9.47 Å². The Kier molecular flexibility index (Phi) is 4.11. The fourth-order valence-electron chi connectivity index (χ4n) is 2.16. The summed E-state index contributed by atoms with van der Waals surface area (Å²) in [7, 11) is 2.84. The molecule has 21 heavy (non-hydrogen) atoms.